The minimum absolute atomic E-state index is 0.0718. The molecule has 0 aromatic heterocycles. The van der Waals surface area contributed by atoms with Gasteiger partial charge in [0, 0.05) is 34.9 Å². The van der Waals surface area contributed by atoms with Gasteiger partial charge in [0.05, 0.1) is 24.0 Å². The Morgan fingerprint density at radius 1 is 1.13 bits per heavy atom. The molecule has 2 N–H and O–H groups in total. The minimum atomic E-state index is -1.19. The number of hydrogen-bond acceptors (Lipinski definition) is 5. The van der Waals surface area contributed by atoms with Gasteiger partial charge in [0.25, 0.3) is 0 Å². The Morgan fingerprint density at radius 2 is 1.84 bits per heavy atom. The topological polar surface area (TPSA) is 97.0 Å². The number of hydrogen-bond donors (Lipinski definition) is 2. The van der Waals surface area contributed by atoms with Crippen molar-refractivity contribution < 1.29 is 23.9 Å². The first kappa shape index (κ1) is 27.4. The Bertz CT molecular complexity index is 1100. The first-order valence-corrected chi connectivity index (χ1v) is 14.3. The van der Waals surface area contributed by atoms with E-state index in [1.54, 1.807) is 23.1 Å². The molecule has 0 unspecified atom stereocenters. The summed E-state index contributed by atoms with van der Waals surface area (Å²) >= 11 is 12.2. The fourth-order valence-corrected chi connectivity index (χ4v) is 6.97. The Morgan fingerprint density at radius 3 is 2.53 bits per heavy atom. The van der Waals surface area contributed by atoms with Gasteiger partial charge in [-0.15, -0.1) is 0 Å². The Kier molecular flexibility index (Phi) is 8.06. The van der Waals surface area contributed by atoms with E-state index in [4.69, 9.17) is 32.7 Å². The first-order chi connectivity index (χ1) is 18.2. The zero-order chi connectivity index (χ0) is 27.0. The summed E-state index contributed by atoms with van der Waals surface area (Å²) in [6.45, 7) is 4.72. The third-order valence-electron chi connectivity index (χ3n) is 8.00. The maximum atomic E-state index is 14.0. The molecule has 1 aromatic rings. The first-order valence-electron chi connectivity index (χ1n) is 13.6. The van der Waals surface area contributed by atoms with Crippen LogP contribution in [0.15, 0.2) is 30.4 Å². The van der Waals surface area contributed by atoms with Gasteiger partial charge < -0.3 is 25.0 Å². The number of halogens is 2. The second kappa shape index (κ2) is 11.2. The van der Waals surface area contributed by atoms with Crippen molar-refractivity contribution in [3.63, 3.8) is 0 Å². The SMILES string of the molecule is CC(C)OCCCN1C(=O)[C@@H]2[C@H](C(=O)Nc3cc(Cl)cc(Cl)c3)[C@@H]3C=C[C@@]2(O3)[C@@H]1C(=O)NC1CCCCC1. The lowest BCUT2D eigenvalue weighted by atomic mass is 9.74. The summed E-state index contributed by atoms with van der Waals surface area (Å²) in [6, 6.07) is 4.02. The normalized spacial score (nSPS) is 30.2. The zero-order valence-corrected chi connectivity index (χ0v) is 23.3. The van der Waals surface area contributed by atoms with Crippen molar-refractivity contribution >= 4 is 46.6 Å². The van der Waals surface area contributed by atoms with Gasteiger partial charge in [-0.05, 0) is 51.3 Å². The molecule has 38 heavy (non-hydrogen) atoms. The fraction of sp³-hybridized carbons (Fsp3) is 0.607. The van der Waals surface area contributed by atoms with Crippen LogP contribution in [0.4, 0.5) is 5.69 Å². The molecule has 3 aliphatic heterocycles. The number of amides is 3. The zero-order valence-electron chi connectivity index (χ0n) is 21.8. The number of nitrogens with one attached hydrogen (secondary N) is 2. The van der Waals surface area contributed by atoms with Crippen LogP contribution in [-0.2, 0) is 23.9 Å². The molecule has 0 radical (unpaired) electrons. The highest BCUT2D eigenvalue weighted by Crippen LogP contribution is 2.55. The van der Waals surface area contributed by atoms with Crippen LogP contribution in [0.1, 0.15) is 52.4 Å². The molecule has 1 saturated carbocycles. The van der Waals surface area contributed by atoms with Crippen LogP contribution in [0.5, 0.6) is 0 Å². The predicted molar refractivity (Wildman–Crippen MR) is 145 cm³/mol. The van der Waals surface area contributed by atoms with Crippen molar-refractivity contribution in [2.24, 2.45) is 11.8 Å². The van der Waals surface area contributed by atoms with Crippen molar-refractivity contribution in [1.82, 2.24) is 10.2 Å². The summed E-state index contributed by atoms with van der Waals surface area (Å²) in [4.78, 5) is 42.9. The van der Waals surface area contributed by atoms with Crippen LogP contribution in [-0.4, -0.2) is 65.7 Å². The molecule has 3 heterocycles. The standard InChI is InChI=1S/C28H35Cl2N3O5/c1-16(2)37-12-6-11-33-24(26(35)31-19-7-4-3-5-8-19)28-10-9-21(38-28)22(23(28)27(33)36)25(34)32-20-14-17(29)13-18(30)15-20/h9-10,13-16,19,21-24H,3-8,11-12H2,1-2H3,(H,31,35)(H,32,34)/t21-,22+,23-,24-,28-/m0/s1. The van der Waals surface area contributed by atoms with Crippen LogP contribution >= 0.6 is 23.2 Å². The largest absolute Gasteiger partial charge is 0.379 e. The summed E-state index contributed by atoms with van der Waals surface area (Å²) in [5.74, 6) is -2.42. The van der Waals surface area contributed by atoms with E-state index in [0.29, 0.717) is 35.3 Å². The summed E-state index contributed by atoms with van der Waals surface area (Å²) < 4.78 is 12.1. The summed E-state index contributed by atoms with van der Waals surface area (Å²) in [6.07, 6.45) is 8.86. The summed E-state index contributed by atoms with van der Waals surface area (Å²) in [5.41, 5.74) is -0.749. The molecule has 4 aliphatic rings. The van der Waals surface area contributed by atoms with Crippen LogP contribution in [0, 0.1) is 11.8 Å². The molecule has 1 aliphatic carbocycles. The molecule has 1 spiro atoms. The number of rotatable bonds is 9. The van der Waals surface area contributed by atoms with Gasteiger partial charge in [0.1, 0.15) is 11.6 Å². The van der Waals surface area contributed by atoms with Crippen molar-refractivity contribution in [3.8, 4) is 0 Å². The lowest BCUT2D eigenvalue weighted by molar-refractivity contribution is -0.141. The third-order valence-corrected chi connectivity index (χ3v) is 8.44. The van der Waals surface area contributed by atoms with Crippen molar-refractivity contribution in [2.45, 2.75) is 82.3 Å². The third kappa shape index (κ3) is 5.20. The van der Waals surface area contributed by atoms with Crippen molar-refractivity contribution in [1.29, 1.82) is 0 Å². The van der Waals surface area contributed by atoms with Gasteiger partial charge in [-0.1, -0.05) is 54.6 Å². The minimum Gasteiger partial charge on any atom is -0.379 e. The molecular formula is C28H35Cl2N3O5. The smallest absolute Gasteiger partial charge is 0.246 e. The van der Waals surface area contributed by atoms with Gasteiger partial charge in [0.15, 0.2) is 0 Å². The molecule has 3 amide bonds. The molecular weight excluding hydrogens is 529 g/mol. The van der Waals surface area contributed by atoms with E-state index < -0.39 is 29.6 Å². The number of carbonyl (C=O) groups is 3. The average Bonchev–Trinajstić information content (AvgIpc) is 3.49. The molecule has 8 nitrogen and oxygen atoms in total. The number of anilines is 1. The number of fused-ring (bicyclic) bond motifs is 1. The quantitative estimate of drug-likeness (QED) is 0.344. The van der Waals surface area contributed by atoms with E-state index in [-0.39, 0.29) is 29.9 Å². The van der Waals surface area contributed by atoms with E-state index >= 15 is 0 Å². The summed E-state index contributed by atoms with van der Waals surface area (Å²) in [5, 5.41) is 6.83. The van der Waals surface area contributed by atoms with E-state index in [0.717, 1.165) is 25.7 Å². The predicted octanol–water partition coefficient (Wildman–Crippen LogP) is 4.35. The molecule has 2 bridgehead atoms. The van der Waals surface area contributed by atoms with Crippen molar-refractivity contribution in [2.75, 3.05) is 18.5 Å². The number of carbonyl (C=O) groups excluding carboxylic acids is 3. The number of benzene rings is 1. The second-order valence-electron chi connectivity index (χ2n) is 11.0. The van der Waals surface area contributed by atoms with Crippen molar-refractivity contribution in [3.05, 3.63) is 40.4 Å². The number of ether oxygens (including phenoxy) is 2. The van der Waals surface area contributed by atoms with E-state index in [1.807, 2.05) is 26.0 Å². The maximum Gasteiger partial charge on any atom is 0.246 e. The van der Waals surface area contributed by atoms with Crippen LogP contribution < -0.4 is 10.6 Å². The molecule has 3 fully saturated rings. The molecule has 1 aromatic carbocycles. The average molecular weight is 565 g/mol. The molecule has 5 atom stereocenters. The Hall–Kier alpha value is -2.13. The monoisotopic (exact) mass is 563 g/mol. The highest BCUT2D eigenvalue weighted by Gasteiger charge is 2.72. The van der Waals surface area contributed by atoms with E-state index in [1.165, 1.54) is 6.42 Å². The second-order valence-corrected chi connectivity index (χ2v) is 11.9. The van der Waals surface area contributed by atoms with Crippen LogP contribution in [0.2, 0.25) is 10.0 Å². The number of likely N-dealkylation sites (tertiary alicyclic amines) is 1. The molecule has 2 saturated heterocycles. The molecule has 10 heteroatoms. The lowest BCUT2D eigenvalue weighted by Crippen LogP contribution is -2.56. The Balaban J connectivity index is 1.40. The lowest BCUT2D eigenvalue weighted by Gasteiger charge is -2.34. The van der Waals surface area contributed by atoms with Gasteiger partial charge in [-0.25, -0.2) is 0 Å². The van der Waals surface area contributed by atoms with Gasteiger partial charge >= 0.3 is 0 Å². The van der Waals surface area contributed by atoms with Crippen LogP contribution in [0.25, 0.3) is 0 Å². The highest BCUT2D eigenvalue weighted by molar-refractivity contribution is 6.35. The van der Waals surface area contributed by atoms with Gasteiger partial charge in [0.2, 0.25) is 17.7 Å². The van der Waals surface area contributed by atoms with Gasteiger partial charge in [-0.2, -0.15) is 0 Å². The van der Waals surface area contributed by atoms with Crippen LogP contribution in [0.3, 0.4) is 0 Å². The van der Waals surface area contributed by atoms with E-state index in [2.05, 4.69) is 10.6 Å². The fourth-order valence-electron chi connectivity index (χ4n) is 6.44. The highest BCUT2D eigenvalue weighted by atomic mass is 35.5. The summed E-state index contributed by atoms with van der Waals surface area (Å²) in [7, 11) is 0. The van der Waals surface area contributed by atoms with E-state index in [9.17, 15) is 14.4 Å². The number of nitrogens with zero attached hydrogens (tertiary/aromatic N) is 1. The maximum absolute atomic E-state index is 14.0. The molecule has 206 valence electrons. The van der Waals surface area contributed by atoms with Gasteiger partial charge in [-0.3, -0.25) is 14.4 Å². The Labute approximate surface area is 233 Å². The molecule has 5 rings (SSSR count).